The maximum absolute atomic E-state index is 13.4. The molecule has 0 aliphatic heterocycles. The summed E-state index contributed by atoms with van der Waals surface area (Å²) in [5.41, 5.74) is 2.18. The lowest BCUT2D eigenvalue weighted by Gasteiger charge is -2.18. The number of rotatable bonds is 4. The first-order valence-electron chi connectivity index (χ1n) is 5.66. The molecule has 0 saturated heterocycles. The number of halogens is 4. The van der Waals surface area contributed by atoms with Crippen LogP contribution in [0.15, 0.2) is 36.3 Å². The smallest absolute Gasteiger partial charge is 0.137 e. The second kappa shape index (κ2) is 6.80. The van der Waals surface area contributed by atoms with E-state index in [0.29, 0.717) is 4.47 Å². The minimum atomic E-state index is -0.246. The second-order valence-corrected chi connectivity index (χ2v) is 8.55. The molecular weight excluding hydrogens is 461 g/mol. The third kappa shape index (κ3) is 3.67. The van der Waals surface area contributed by atoms with Crippen molar-refractivity contribution in [3.63, 3.8) is 0 Å². The minimum Gasteiger partial charge on any atom is -0.306 e. The summed E-state index contributed by atoms with van der Waals surface area (Å²) in [6.45, 7) is 2.89. The van der Waals surface area contributed by atoms with Crippen molar-refractivity contribution < 1.29 is 4.39 Å². The van der Waals surface area contributed by atoms with Crippen molar-refractivity contribution >= 4 is 59.1 Å². The first-order chi connectivity index (χ1) is 9.02. The Balaban J connectivity index is 2.44. The van der Waals surface area contributed by atoms with E-state index in [9.17, 15) is 4.39 Å². The van der Waals surface area contributed by atoms with Crippen molar-refractivity contribution in [2.24, 2.45) is 0 Å². The van der Waals surface area contributed by atoms with Crippen LogP contribution in [0.4, 0.5) is 4.39 Å². The topological polar surface area (TPSA) is 12.0 Å². The average molecular weight is 472 g/mol. The van der Waals surface area contributed by atoms with E-state index in [2.05, 4.69) is 66.1 Å². The van der Waals surface area contributed by atoms with Crippen LogP contribution in [-0.4, -0.2) is 6.54 Å². The van der Waals surface area contributed by atoms with E-state index in [1.807, 2.05) is 12.1 Å². The van der Waals surface area contributed by atoms with Gasteiger partial charge in [0.25, 0.3) is 0 Å². The summed E-state index contributed by atoms with van der Waals surface area (Å²) in [7, 11) is 0. The maximum Gasteiger partial charge on any atom is 0.137 e. The number of nitrogens with one attached hydrogen (secondary N) is 1. The van der Waals surface area contributed by atoms with Gasteiger partial charge in [-0.05, 0) is 83.7 Å². The first kappa shape index (κ1) is 15.6. The van der Waals surface area contributed by atoms with Gasteiger partial charge in [-0.1, -0.05) is 13.0 Å². The molecular formula is C13H11Br3FNS. The number of thiophene rings is 1. The SMILES string of the molecule is CCNC(c1ccc(F)c(Br)c1)c1cc(Br)sc1Br. The van der Waals surface area contributed by atoms with Gasteiger partial charge < -0.3 is 5.32 Å². The van der Waals surface area contributed by atoms with Crippen LogP contribution >= 0.6 is 59.1 Å². The van der Waals surface area contributed by atoms with Crippen molar-refractivity contribution in [1.82, 2.24) is 5.32 Å². The van der Waals surface area contributed by atoms with Gasteiger partial charge in [-0.15, -0.1) is 11.3 Å². The molecule has 0 spiro atoms. The van der Waals surface area contributed by atoms with E-state index in [4.69, 9.17) is 0 Å². The average Bonchev–Trinajstić information content (AvgIpc) is 2.69. The Morgan fingerprint density at radius 2 is 2.00 bits per heavy atom. The van der Waals surface area contributed by atoms with Crippen molar-refractivity contribution in [3.05, 3.63) is 53.3 Å². The van der Waals surface area contributed by atoms with Crippen molar-refractivity contribution in [1.29, 1.82) is 0 Å². The lowest BCUT2D eigenvalue weighted by Crippen LogP contribution is -2.21. The summed E-state index contributed by atoms with van der Waals surface area (Å²) in [5, 5.41) is 3.43. The molecule has 0 aliphatic rings. The molecule has 2 aromatic rings. The molecule has 19 heavy (non-hydrogen) atoms. The Hall–Kier alpha value is 0.250. The van der Waals surface area contributed by atoms with E-state index in [1.54, 1.807) is 11.3 Å². The number of hydrogen-bond acceptors (Lipinski definition) is 2. The van der Waals surface area contributed by atoms with Crippen molar-refractivity contribution in [2.75, 3.05) is 6.54 Å². The highest BCUT2D eigenvalue weighted by Crippen LogP contribution is 2.38. The lowest BCUT2D eigenvalue weighted by molar-refractivity contribution is 0.608. The summed E-state index contributed by atoms with van der Waals surface area (Å²) < 4.78 is 16.0. The van der Waals surface area contributed by atoms with E-state index in [-0.39, 0.29) is 11.9 Å². The molecule has 0 aliphatic carbocycles. The summed E-state index contributed by atoms with van der Waals surface area (Å²) >= 11 is 11.9. The van der Waals surface area contributed by atoms with Crippen molar-refractivity contribution in [3.8, 4) is 0 Å². The fourth-order valence-corrected chi connectivity index (χ4v) is 5.15. The van der Waals surface area contributed by atoms with Gasteiger partial charge in [-0.3, -0.25) is 0 Å². The summed E-state index contributed by atoms with van der Waals surface area (Å²) in [6.07, 6.45) is 0. The minimum absolute atomic E-state index is 0.0406. The molecule has 0 saturated carbocycles. The summed E-state index contributed by atoms with van der Waals surface area (Å²) in [4.78, 5) is 0. The fraction of sp³-hybridized carbons (Fsp3) is 0.231. The summed E-state index contributed by atoms with van der Waals surface area (Å²) in [6, 6.07) is 7.24. The largest absolute Gasteiger partial charge is 0.306 e. The molecule has 1 nitrogen and oxygen atoms in total. The normalized spacial score (nSPS) is 12.7. The summed E-state index contributed by atoms with van der Waals surface area (Å²) in [5.74, 6) is -0.246. The molecule has 102 valence electrons. The molecule has 0 amide bonds. The molecule has 6 heteroatoms. The zero-order valence-electron chi connectivity index (χ0n) is 10.0. The van der Waals surface area contributed by atoms with Crippen LogP contribution in [0.3, 0.4) is 0 Å². The van der Waals surface area contributed by atoms with Crippen LogP contribution in [0.2, 0.25) is 0 Å². The highest BCUT2D eigenvalue weighted by atomic mass is 79.9. The van der Waals surface area contributed by atoms with Crippen molar-refractivity contribution in [2.45, 2.75) is 13.0 Å². The molecule has 1 aromatic heterocycles. The zero-order chi connectivity index (χ0) is 14.0. The molecule has 1 N–H and O–H groups in total. The number of hydrogen-bond donors (Lipinski definition) is 1. The van der Waals surface area contributed by atoms with Gasteiger partial charge in [0.1, 0.15) is 5.82 Å². The van der Waals surface area contributed by atoms with Crippen LogP contribution in [0.1, 0.15) is 24.1 Å². The molecule has 1 aromatic carbocycles. The van der Waals surface area contributed by atoms with Crippen LogP contribution in [0, 0.1) is 5.82 Å². The molecule has 2 rings (SSSR count). The fourth-order valence-electron chi connectivity index (χ4n) is 1.85. The highest BCUT2D eigenvalue weighted by molar-refractivity contribution is 9.12. The quantitative estimate of drug-likeness (QED) is 0.587. The Morgan fingerprint density at radius 3 is 2.53 bits per heavy atom. The molecule has 1 heterocycles. The molecule has 0 radical (unpaired) electrons. The van der Waals surface area contributed by atoms with Gasteiger partial charge in [0.15, 0.2) is 0 Å². The van der Waals surface area contributed by atoms with E-state index in [1.165, 1.54) is 6.07 Å². The molecule has 1 unspecified atom stereocenters. The van der Waals surface area contributed by atoms with Gasteiger partial charge >= 0.3 is 0 Å². The standard InChI is InChI=1S/C13H11Br3FNS/c1-2-18-12(8-6-11(15)19-13(8)16)7-3-4-10(17)9(14)5-7/h3-6,12,18H,2H2,1H3. The maximum atomic E-state index is 13.4. The van der Waals surface area contributed by atoms with Gasteiger partial charge in [0.2, 0.25) is 0 Å². The number of benzene rings is 1. The molecule has 0 fully saturated rings. The predicted molar refractivity (Wildman–Crippen MR) is 89.3 cm³/mol. The molecule has 1 atom stereocenters. The Morgan fingerprint density at radius 1 is 1.26 bits per heavy atom. The van der Waals surface area contributed by atoms with Gasteiger partial charge in [-0.2, -0.15) is 0 Å². The second-order valence-electron chi connectivity index (χ2n) is 3.94. The van der Waals surface area contributed by atoms with E-state index < -0.39 is 0 Å². The van der Waals surface area contributed by atoms with E-state index in [0.717, 1.165) is 25.2 Å². The van der Waals surface area contributed by atoms with Gasteiger partial charge in [0, 0.05) is 0 Å². The van der Waals surface area contributed by atoms with E-state index >= 15 is 0 Å². The van der Waals surface area contributed by atoms with Gasteiger partial charge in [0.05, 0.1) is 18.1 Å². The Bertz CT molecular complexity index is 585. The third-order valence-electron chi connectivity index (χ3n) is 2.68. The zero-order valence-corrected chi connectivity index (χ0v) is 15.6. The molecule has 0 bridgehead atoms. The Labute approximate surface area is 141 Å². The predicted octanol–water partition coefficient (Wildman–Crippen LogP) is 5.87. The van der Waals surface area contributed by atoms with Crippen LogP contribution in [0.25, 0.3) is 0 Å². The van der Waals surface area contributed by atoms with Crippen LogP contribution < -0.4 is 5.32 Å². The third-order valence-corrected chi connectivity index (χ3v) is 5.67. The van der Waals surface area contributed by atoms with Crippen LogP contribution in [-0.2, 0) is 0 Å². The first-order valence-corrected chi connectivity index (χ1v) is 8.85. The van der Waals surface area contributed by atoms with Gasteiger partial charge in [-0.25, -0.2) is 4.39 Å². The highest BCUT2D eigenvalue weighted by Gasteiger charge is 2.19. The monoisotopic (exact) mass is 469 g/mol. The Kier molecular flexibility index (Phi) is 5.60. The lowest BCUT2D eigenvalue weighted by atomic mass is 10.0. The van der Waals surface area contributed by atoms with Crippen LogP contribution in [0.5, 0.6) is 0 Å².